The van der Waals surface area contributed by atoms with Crippen molar-refractivity contribution in [2.45, 2.75) is 4.90 Å². The van der Waals surface area contributed by atoms with Gasteiger partial charge in [0.25, 0.3) is 0 Å². The van der Waals surface area contributed by atoms with E-state index in [-0.39, 0.29) is 4.90 Å². The second-order valence-corrected chi connectivity index (χ2v) is 3.68. The average molecular weight is 240 g/mol. The normalized spacial score (nSPS) is 9.77. The Bertz CT molecular complexity index is 334. The molecule has 0 saturated heterocycles. The lowest BCUT2D eigenvalue weighted by Crippen LogP contribution is -2.05. The van der Waals surface area contributed by atoms with Crippen molar-refractivity contribution in [3.63, 3.8) is 0 Å². The molecule has 0 unspecified atom stereocenters. The molecule has 70 valence electrons. The van der Waals surface area contributed by atoms with Crippen molar-refractivity contribution in [1.82, 2.24) is 4.72 Å². The summed E-state index contributed by atoms with van der Waals surface area (Å²) in [6, 6.07) is 4.03. The van der Waals surface area contributed by atoms with E-state index in [0.29, 0.717) is 5.02 Å². The maximum absolute atomic E-state index is 12.9. The van der Waals surface area contributed by atoms with E-state index in [1.807, 2.05) is 0 Å². The molecular weight excluding hydrogens is 236 g/mol. The van der Waals surface area contributed by atoms with E-state index in [0.717, 1.165) is 11.9 Å². The van der Waals surface area contributed by atoms with Crippen molar-refractivity contribution in [1.29, 1.82) is 0 Å². The largest absolute Gasteiger partial charge is 0.323 e. The van der Waals surface area contributed by atoms with E-state index >= 15 is 0 Å². The lowest BCUT2D eigenvalue weighted by Gasteiger charge is -2.01. The Kier molecular flexibility index (Phi) is 3.84. The van der Waals surface area contributed by atoms with Crippen LogP contribution in [0.5, 0.6) is 0 Å². The number of rotatable bonds is 2. The van der Waals surface area contributed by atoms with E-state index in [1.165, 1.54) is 18.2 Å². The first-order valence-corrected chi connectivity index (χ1v) is 4.74. The Hall–Kier alpha value is -0.450. The van der Waals surface area contributed by atoms with Crippen molar-refractivity contribution >= 4 is 40.5 Å². The minimum Gasteiger partial charge on any atom is -0.282 e. The fourth-order valence-corrected chi connectivity index (χ4v) is 1.54. The molecule has 2 nitrogen and oxygen atoms in total. The van der Waals surface area contributed by atoms with Gasteiger partial charge in [-0.1, -0.05) is 11.6 Å². The molecule has 1 N–H and O–H groups in total. The van der Waals surface area contributed by atoms with Crippen molar-refractivity contribution in [3.8, 4) is 0 Å². The predicted molar refractivity (Wildman–Crippen MR) is 51.7 cm³/mol. The summed E-state index contributed by atoms with van der Waals surface area (Å²) < 4.78 is 15.1. The van der Waals surface area contributed by atoms with Gasteiger partial charge >= 0.3 is 5.37 Å². The van der Waals surface area contributed by atoms with Crippen LogP contribution < -0.4 is 4.72 Å². The molecule has 0 heterocycles. The summed E-state index contributed by atoms with van der Waals surface area (Å²) in [5, 5.41) is -0.364. The summed E-state index contributed by atoms with van der Waals surface area (Å²) >= 11 is 11.4. The molecule has 6 heteroatoms. The number of hydrogen-bond acceptors (Lipinski definition) is 2. The zero-order valence-electron chi connectivity index (χ0n) is 6.18. The fraction of sp³-hybridized carbons (Fsp3) is 0. The Morgan fingerprint density at radius 3 is 2.85 bits per heavy atom. The van der Waals surface area contributed by atoms with Gasteiger partial charge in [-0.2, -0.15) is 0 Å². The van der Waals surface area contributed by atoms with Crippen LogP contribution in [0, 0.1) is 5.82 Å². The summed E-state index contributed by atoms with van der Waals surface area (Å²) in [6.07, 6.45) is 0. The minimum atomic E-state index is -0.760. The zero-order chi connectivity index (χ0) is 9.84. The molecule has 0 radical (unpaired) electrons. The number of carbonyl (C=O) groups is 1. The molecule has 0 spiro atoms. The van der Waals surface area contributed by atoms with E-state index in [9.17, 15) is 9.18 Å². The maximum atomic E-state index is 12.9. The summed E-state index contributed by atoms with van der Waals surface area (Å²) in [4.78, 5) is 10.5. The number of carbonyl (C=O) groups excluding carboxylic acids is 1. The molecule has 1 aromatic carbocycles. The quantitative estimate of drug-likeness (QED) is 0.487. The van der Waals surface area contributed by atoms with Crippen LogP contribution in [-0.4, -0.2) is 5.37 Å². The lowest BCUT2D eigenvalue weighted by molar-refractivity contribution is 0.264. The summed E-state index contributed by atoms with van der Waals surface area (Å²) in [6.45, 7) is 0. The second-order valence-electron chi connectivity index (χ2n) is 2.05. The van der Waals surface area contributed by atoms with Crippen LogP contribution in [0.4, 0.5) is 9.18 Å². The van der Waals surface area contributed by atoms with Crippen LogP contribution in [0.25, 0.3) is 0 Å². The van der Waals surface area contributed by atoms with Crippen LogP contribution in [-0.2, 0) is 0 Å². The average Bonchev–Trinajstić information content (AvgIpc) is 2.06. The highest BCUT2D eigenvalue weighted by molar-refractivity contribution is 7.98. The molecule has 0 atom stereocenters. The molecule has 0 saturated carbocycles. The van der Waals surface area contributed by atoms with Gasteiger partial charge in [-0.15, -0.1) is 0 Å². The summed E-state index contributed by atoms with van der Waals surface area (Å²) in [5.74, 6) is -0.459. The van der Waals surface area contributed by atoms with Gasteiger partial charge in [-0.3, -0.25) is 9.52 Å². The molecular formula is C7H4Cl2FNOS. The molecule has 1 rings (SSSR count). The van der Waals surface area contributed by atoms with Crippen LogP contribution in [0.15, 0.2) is 23.1 Å². The number of hydrogen-bond donors (Lipinski definition) is 1. The summed E-state index contributed by atoms with van der Waals surface area (Å²) in [5.41, 5.74) is 0. The van der Waals surface area contributed by atoms with Gasteiger partial charge in [0.15, 0.2) is 0 Å². The van der Waals surface area contributed by atoms with Crippen LogP contribution in [0.1, 0.15) is 0 Å². The standard InChI is InChI=1S/C7H4Cl2FNOS/c8-4-1-2-5(10)6(3-4)13-11-7(9)12/h1-3H,(H,11,12). The number of amides is 1. The van der Waals surface area contributed by atoms with E-state index in [1.54, 1.807) is 0 Å². The highest BCUT2D eigenvalue weighted by atomic mass is 35.5. The van der Waals surface area contributed by atoms with Gasteiger partial charge in [-0.25, -0.2) is 4.39 Å². The third-order valence-corrected chi connectivity index (χ3v) is 2.40. The first kappa shape index (κ1) is 10.6. The smallest absolute Gasteiger partial charge is 0.282 e. The topological polar surface area (TPSA) is 29.1 Å². The highest BCUT2D eigenvalue weighted by Crippen LogP contribution is 2.22. The van der Waals surface area contributed by atoms with E-state index in [2.05, 4.69) is 4.72 Å². The molecule has 0 fully saturated rings. The van der Waals surface area contributed by atoms with Crippen molar-refractivity contribution in [2.75, 3.05) is 0 Å². The zero-order valence-corrected chi connectivity index (χ0v) is 8.51. The Morgan fingerprint density at radius 2 is 2.23 bits per heavy atom. The van der Waals surface area contributed by atoms with E-state index < -0.39 is 11.2 Å². The highest BCUT2D eigenvalue weighted by Gasteiger charge is 2.04. The van der Waals surface area contributed by atoms with Gasteiger partial charge in [0.05, 0.1) is 4.90 Å². The second kappa shape index (κ2) is 4.69. The monoisotopic (exact) mass is 239 g/mol. The SMILES string of the molecule is O=C(Cl)NSc1cc(Cl)ccc1F. The first-order valence-electron chi connectivity index (χ1n) is 3.17. The van der Waals surface area contributed by atoms with Crippen molar-refractivity contribution < 1.29 is 9.18 Å². The molecule has 0 bridgehead atoms. The van der Waals surface area contributed by atoms with Gasteiger partial charge < -0.3 is 0 Å². The van der Waals surface area contributed by atoms with Gasteiger partial charge in [-0.05, 0) is 41.7 Å². The van der Waals surface area contributed by atoms with Crippen LogP contribution in [0.3, 0.4) is 0 Å². The Labute approximate surface area is 88.5 Å². The lowest BCUT2D eigenvalue weighted by atomic mass is 10.3. The minimum absolute atomic E-state index is 0.224. The Balaban J connectivity index is 2.75. The predicted octanol–water partition coefficient (Wildman–Crippen LogP) is 3.43. The van der Waals surface area contributed by atoms with Crippen LogP contribution >= 0.6 is 35.1 Å². The molecule has 0 aliphatic carbocycles. The van der Waals surface area contributed by atoms with Gasteiger partial charge in [0.1, 0.15) is 5.82 Å². The molecule has 13 heavy (non-hydrogen) atoms. The first-order chi connectivity index (χ1) is 6.09. The van der Waals surface area contributed by atoms with Gasteiger partial charge in [0, 0.05) is 5.02 Å². The van der Waals surface area contributed by atoms with Crippen molar-refractivity contribution in [2.24, 2.45) is 0 Å². The third kappa shape index (κ3) is 3.42. The Morgan fingerprint density at radius 1 is 1.54 bits per heavy atom. The molecule has 0 aromatic heterocycles. The number of nitrogens with one attached hydrogen (secondary N) is 1. The molecule has 0 aliphatic heterocycles. The molecule has 1 amide bonds. The van der Waals surface area contributed by atoms with Gasteiger partial charge in [0.2, 0.25) is 0 Å². The molecule has 0 aliphatic rings. The van der Waals surface area contributed by atoms with E-state index in [4.69, 9.17) is 23.2 Å². The number of halogens is 3. The molecule has 1 aromatic rings. The summed E-state index contributed by atoms with van der Waals surface area (Å²) in [7, 11) is 0. The number of benzene rings is 1. The van der Waals surface area contributed by atoms with Crippen molar-refractivity contribution in [3.05, 3.63) is 29.0 Å². The fourth-order valence-electron chi connectivity index (χ4n) is 0.651. The van der Waals surface area contributed by atoms with Crippen LogP contribution in [0.2, 0.25) is 5.02 Å². The third-order valence-electron chi connectivity index (χ3n) is 1.13. The maximum Gasteiger partial charge on any atom is 0.323 e.